The number of benzene rings is 2. The number of rotatable bonds is 8. The van der Waals surface area contributed by atoms with Gasteiger partial charge in [0.15, 0.2) is 10.1 Å². The zero-order chi connectivity index (χ0) is 22.4. The number of aromatic nitrogens is 2. The highest BCUT2D eigenvalue weighted by Gasteiger charge is 2.22. The second-order valence-electron chi connectivity index (χ2n) is 6.11. The van der Waals surface area contributed by atoms with Crippen molar-refractivity contribution in [3.63, 3.8) is 0 Å². The van der Waals surface area contributed by atoms with E-state index in [1.807, 2.05) is 6.92 Å². The molecule has 3 rings (SSSR count). The lowest BCUT2D eigenvalue weighted by molar-refractivity contribution is -0.113. The average molecular weight is 524 g/mol. The fourth-order valence-corrected chi connectivity index (χ4v) is 4.68. The number of H-pyrrole nitrogens is 1. The Bertz CT molecular complexity index is 1240. The topological polar surface area (TPSA) is 118 Å². The number of aromatic amines is 1. The molecule has 0 unspecified atom stereocenters. The Morgan fingerprint density at radius 2 is 1.90 bits per heavy atom. The molecule has 1 amide bonds. The van der Waals surface area contributed by atoms with Gasteiger partial charge in [0, 0.05) is 4.47 Å². The van der Waals surface area contributed by atoms with Crippen molar-refractivity contribution in [2.45, 2.75) is 21.9 Å². The summed E-state index contributed by atoms with van der Waals surface area (Å²) in [7, 11) is -4.01. The van der Waals surface area contributed by atoms with Crippen molar-refractivity contribution in [2.24, 2.45) is 0 Å². The Morgan fingerprint density at radius 1 is 1.19 bits per heavy atom. The number of halogens is 1. The first-order valence-corrected chi connectivity index (χ1v) is 12.3. The molecule has 31 heavy (non-hydrogen) atoms. The van der Waals surface area contributed by atoms with E-state index in [4.69, 9.17) is 4.74 Å². The second kappa shape index (κ2) is 10.1. The van der Waals surface area contributed by atoms with Gasteiger partial charge in [0.1, 0.15) is 5.75 Å². The normalized spacial score (nSPS) is 11.2. The summed E-state index contributed by atoms with van der Waals surface area (Å²) in [6.07, 6.45) is 1.00. The zero-order valence-corrected chi connectivity index (χ0v) is 19.5. The molecule has 0 radical (unpaired) electrons. The lowest BCUT2D eigenvalue weighted by Crippen LogP contribution is -2.20. The van der Waals surface area contributed by atoms with Crippen molar-refractivity contribution in [3.8, 4) is 5.75 Å². The van der Waals surface area contributed by atoms with Gasteiger partial charge in [0.05, 0.1) is 29.1 Å². The van der Waals surface area contributed by atoms with Crippen molar-refractivity contribution >= 4 is 49.1 Å². The number of nitrogens with zero attached hydrogens (tertiary/aromatic N) is 1. The SMILES string of the molecule is CCOc1ccccc1NC(=O)CSc1ncc(S(=O)(=O)c2ccc(Br)cc2)c(=O)[nH]1. The minimum atomic E-state index is -4.01. The number of amides is 1. The molecule has 0 saturated carbocycles. The quantitative estimate of drug-likeness (QED) is 0.342. The zero-order valence-electron chi connectivity index (χ0n) is 16.3. The van der Waals surface area contributed by atoms with Gasteiger partial charge in [-0.3, -0.25) is 9.59 Å². The third-order valence-corrected chi connectivity index (χ3v) is 7.14. The third kappa shape index (κ3) is 5.75. The van der Waals surface area contributed by atoms with E-state index < -0.39 is 20.3 Å². The predicted octanol–water partition coefficient (Wildman–Crippen LogP) is 3.49. The molecule has 162 valence electrons. The molecule has 2 aromatic carbocycles. The van der Waals surface area contributed by atoms with Crippen LogP contribution in [0.5, 0.6) is 5.75 Å². The van der Waals surface area contributed by atoms with Crippen LogP contribution in [0.25, 0.3) is 0 Å². The first kappa shape index (κ1) is 23.0. The summed E-state index contributed by atoms with van der Waals surface area (Å²) in [6.45, 7) is 2.30. The van der Waals surface area contributed by atoms with Crippen LogP contribution in [0.2, 0.25) is 0 Å². The monoisotopic (exact) mass is 523 g/mol. The minimum Gasteiger partial charge on any atom is -0.492 e. The van der Waals surface area contributed by atoms with Crippen LogP contribution >= 0.6 is 27.7 Å². The number of hydrogen-bond donors (Lipinski definition) is 2. The molecular weight excluding hydrogens is 506 g/mol. The molecule has 8 nitrogen and oxygen atoms in total. The van der Waals surface area contributed by atoms with Gasteiger partial charge in [0.25, 0.3) is 5.56 Å². The van der Waals surface area contributed by atoms with Gasteiger partial charge >= 0.3 is 0 Å². The van der Waals surface area contributed by atoms with Gasteiger partial charge in [-0.2, -0.15) is 0 Å². The number of thioether (sulfide) groups is 1. The molecule has 0 saturated heterocycles. The van der Waals surface area contributed by atoms with E-state index >= 15 is 0 Å². The van der Waals surface area contributed by atoms with Gasteiger partial charge in [0.2, 0.25) is 15.7 Å². The molecule has 0 aliphatic heterocycles. The molecule has 0 aliphatic carbocycles. The summed E-state index contributed by atoms with van der Waals surface area (Å²) < 4.78 is 31.5. The summed E-state index contributed by atoms with van der Waals surface area (Å²) in [4.78, 5) is 30.5. The number of hydrogen-bond acceptors (Lipinski definition) is 7. The van der Waals surface area contributed by atoms with E-state index in [2.05, 4.69) is 31.2 Å². The van der Waals surface area contributed by atoms with Gasteiger partial charge in [-0.1, -0.05) is 39.8 Å². The van der Waals surface area contributed by atoms with E-state index in [-0.39, 0.29) is 21.7 Å². The fourth-order valence-electron chi connectivity index (χ4n) is 2.54. The summed E-state index contributed by atoms with van der Waals surface area (Å²) in [5.41, 5.74) is -0.269. The number of carbonyl (C=O) groups excluding carboxylic acids is 1. The number of para-hydroxylation sites is 2. The van der Waals surface area contributed by atoms with Crippen LogP contribution in [0.3, 0.4) is 0 Å². The van der Waals surface area contributed by atoms with Gasteiger partial charge in [-0.15, -0.1) is 0 Å². The Hall–Kier alpha value is -2.63. The Labute approximate surface area is 191 Å². The molecule has 1 aromatic heterocycles. The second-order valence-corrected chi connectivity index (χ2v) is 9.90. The van der Waals surface area contributed by atoms with Crippen LogP contribution in [-0.4, -0.2) is 36.7 Å². The lowest BCUT2D eigenvalue weighted by Gasteiger charge is -2.11. The molecule has 2 N–H and O–H groups in total. The highest BCUT2D eigenvalue weighted by Crippen LogP contribution is 2.24. The first-order chi connectivity index (χ1) is 14.8. The summed E-state index contributed by atoms with van der Waals surface area (Å²) in [5.74, 6) is 0.186. The van der Waals surface area contributed by atoms with Crippen LogP contribution in [0.1, 0.15) is 6.92 Å². The van der Waals surface area contributed by atoms with Crippen molar-refractivity contribution in [3.05, 3.63) is 69.6 Å². The molecule has 0 atom stereocenters. The number of ether oxygens (including phenoxy) is 1. The van der Waals surface area contributed by atoms with Crippen molar-refractivity contribution in [2.75, 3.05) is 17.7 Å². The van der Waals surface area contributed by atoms with E-state index in [0.29, 0.717) is 22.5 Å². The van der Waals surface area contributed by atoms with Crippen LogP contribution in [0, 0.1) is 0 Å². The van der Waals surface area contributed by atoms with E-state index in [9.17, 15) is 18.0 Å². The minimum absolute atomic E-state index is 0.0178. The largest absolute Gasteiger partial charge is 0.492 e. The van der Waals surface area contributed by atoms with Crippen molar-refractivity contribution in [1.82, 2.24) is 9.97 Å². The Balaban J connectivity index is 1.69. The van der Waals surface area contributed by atoms with Crippen LogP contribution in [0.4, 0.5) is 5.69 Å². The van der Waals surface area contributed by atoms with E-state index in [0.717, 1.165) is 18.0 Å². The molecular formula is C20H18BrN3O5S2. The molecule has 11 heteroatoms. The third-order valence-electron chi connectivity index (χ3n) is 3.96. The average Bonchev–Trinajstić information content (AvgIpc) is 2.74. The molecule has 0 aliphatic rings. The van der Waals surface area contributed by atoms with Gasteiger partial charge in [-0.05, 0) is 43.3 Å². The predicted molar refractivity (Wildman–Crippen MR) is 121 cm³/mol. The molecule has 1 heterocycles. The van der Waals surface area contributed by atoms with E-state index in [1.54, 1.807) is 36.4 Å². The highest BCUT2D eigenvalue weighted by atomic mass is 79.9. The summed E-state index contributed by atoms with van der Waals surface area (Å²) >= 11 is 4.21. The maximum atomic E-state index is 12.7. The van der Waals surface area contributed by atoms with Crippen LogP contribution < -0.4 is 15.6 Å². The maximum absolute atomic E-state index is 12.7. The molecule has 0 bridgehead atoms. The fraction of sp³-hybridized carbons (Fsp3) is 0.150. The summed E-state index contributed by atoms with van der Waals surface area (Å²) in [5, 5.41) is 2.87. The number of carbonyl (C=O) groups is 1. The smallest absolute Gasteiger partial charge is 0.270 e. The molecule has 3 aromatic rings. The first-order valence-electron chi connectivity index (χ1n) is 9.05. The standard InChI is InChI=1S/C20H18BrN3O5S2/c1-2-29-16-6-4-3-5-15(16)23-18(25)12-30-20-22-11-17(19(26)24-20)31(27,28)14-9-7-13(21)8-10-14/h3-11H,2,12H2,1H3,(H,23,25)(H,22,24,26). The van der Waals surface area contributed by atoms with Crippen molar-refractivity contribution in [1.29, 1.82) is 0 Å². The summed E-state index contributed by atoms with van der Waals surface area (Å²) in [6, 6.07) is 13.0. The molecule has 0 fully saturated rings. The van der Waals surface area contributed by atoms with Crippen LogP contribution in [-0.2, 0) is 14.6 Å². The highest BCUT2D eigenvalue weighted by molar-refractivity contribution is 9.10. The Kier molecular flexibility index (Phi) is 7.52. The number of anilines is 1. The van der Waals surface area contributed by atoms with Gasteiger partial charge in [-0.25, -0.2) is 13.4 Å². The van der Waals surface area contributed by atoms with Gasteiger partial charge < -0.3 is 15.0 Å². The number of sulfone groups is 1. The molecule has 0 spiro atoms. The van der Waals surface area contributed by atoms with Crippen LogP contribution in [0.15, 0.2) is 78.9 Å². The number of nitrogens with one attached hydrogen (secondary N) is 2. The lowest BCUT2D eigenvalue weighted by atomic mass is 10.3. The maximum Gasteiger partial charge on any atom is 0.270 e. The van der Waals surface area contributed by atoms with Crippen molar-refractivity contribution < 1.29 is 17.9 Å². The Morgan fingerprint density at radius 3 is 2.58 bits per heavy atom. The van der Waals surface area contributed by atoms with E-state index in [1.165, 1.54) is 12.1 Å².